The fraction of sp³-hybridized carbons (Fsp3) is 0.0714. The SMILES string of the molecule is Cc1[nH]nc2nc(-c3cccc(O)c3)cc(C(=O)O)c12. The number of phenols is 1. The topological polar surface area (TPSA) is 99.1 Å². The van der Waals surface area contributed by atoms with Gasteiger partial charge < -0.3 is 10.2 Å². The summed E-state index contributed by atoms with van der Waals surface area (Å²) in [6.45, 7) is 1.75. The highest BCUT2D eigenvalue weighted by Gasteiger charge is 2.17. The molecule has 0 aliphatic rings. The van der Waals surface area contributed by atoms with E-state index in [1.807, 2.05) is 0 Å². The van der Waals surface area contributed by atoms with Crippen LogP contribution >= 0.6 is 0 Å². The van der Waals surface area contributed by atoms with Crippen LogP contribution in [0.1, 0.15) is 16.1 Å². The van der Waals surface area contributed by atoms with Gasteiger partial charge in [0.25, 0.3) is 0 Å². The quantitative estimate of drug-likeness (QED) is 0.663. The van der Waals surface area contributed by atoms with Gasteiger partial charge in [-0.05, 0) is 25.1 Å². The number of hydrogen-bond donors (Lipinski definition) is 3. The number of aryl methyl sites for hydroxylation is 1. The number of aromatic hydroxyl groups is 1. The molecule has 3 N–H and O–H groups in total. The maximum atomic E-state index is 11.4. The molecule has 0 radical (unpaired) electrons. The van der Waals surface area contributed by atoms with Gasteiger partial charge in [-0.2, -0.15) is 5.10 Å². The van der Waals surface area contributed by atoms with Crippen molar-refractivity contribution in [1.29, 1.82) is 0 Å². The number of rotatable bonds is 2. The van der Waals surface area contributed by atoms with Crippen LogP contribution in [-0.4, -0.2) is 31.4 Å². The molecule has 0 aliphatic heterocycles. The number of pyridine rings is 1. The maximum Gasteiger partial charge on any atom is 0.336 e. The van der Waals surface area contributed by atoms with Gasteiger partial charge in [0.1, 0.15) is 5.75 Å². The van der Waals surface area contributed by atoms with Gasteiger partial charge in [0, 0.05) is 11.3 Å². The molecule has 20 heavy (non-hydrogen) atoms. The molecule has 0 saturated heterocycles. The summed E-state index contributed by atoms with van der Waals surface area (Å²) in [4.78, 5) is 15.7. The number of aromatic nitrogens is 3. The van der Waals surface area contributed by atoms with Crippen LogP contribution in [0.5, 0.6) is 5.75 Å². The van der Waals surface area contributed by atoms with Crippen LogP contribution in [0.25, 0.3) is 22.3 Å². The zero-order valence-corrected chi connectivity index (χ0v) is 10.6. The molecule has 1 aromatic carbocycles. The molecule has 0 saturated carbocycles. The molecule has 2 heterocycles. The Kier molecular flexibility index (Phi) is 2.64. The fourth-order valence-corrected chi connectivity index (χ4v) is 2.16. The standard InChI is InChI=1S/C14H11N3O3/c1-7-12-10(14(19)20)6-11(15-13(12)17-16-7)8-3-2-4-9(18)5-8/h2-6,18H,1H3,(H,19,20)(H,15,16,17). The second-order valence-electron chi connectivity index (χ2n) is 4.46. The van der Waals surface area contributed by atoms with E-state index in [2.05, 4.69) is 15.2 Å². The molecular formula is C14H11N3O3. The zero-order valence-electron chi connectivity index (χ0n) is 10.6. The highest BCUT2D eigenvalue weighted by molar-refractivity contribution is 6.03. The van der Waals surface area contributed by atoms with Gasteiger partial charge in [-0.15, -0.1) is 0 Å². The van der Waals surface area contributed by atoms with E-state index in [0.29, 0.717) is 28.0 Å². The van der Waals surface area contributed by atoms with E-state index < -0.39 is 5.97 Å². The van der Waals surface area contributed by atoms with Gasteiger partial charge in [0.15, 0.2) is 5.65 Å². The minimum Gasteiger partial charge on any atom is -0.508 e. The molecule has 0 bridgehead atoms. The van der Waals surface area contributed by atoms with Crippen molar-refractivity contribution in [3.8, 4) is 17.0 Å². The van der Waals surface area contributed by atoms with Gasteiger partial charge in [0.2, 0.25) is 0 Å². The highest BCUT2D eigenvalue weighted by atomic mass is 16.4. The van der Waals surface area contributed by atoms with Crippen LogP contribution in [-0.2, 0) is 0 Å². The van der Waals surface area contributed by atoms with Crippen molar-refractivity contribution < 1.29 is 15.0 Å². The van der Waals surface area contributed by atoms with E-state index in [4.69, 9.17) is 0 Å². The second kappa shape index (κ2) is 4.34. The molecule has 0 amide bonds. The van der Waals surface area contributed by atoms with Crippen molar-refractivity contribution >= 4 is 17.0 Å². The van der Waals surface area contributed by atoms with E-state index in [-0.39, 0.29) is 11.3 Å². The number of phenolic OH excluding ortho intramolecular Hbond substituents is 1. The second-order valence-corrected chi connectivity index (χ2v) is 4.46. The molecule has 6 heteroatoms. The molecule has 0 unspecified atom stereocenters. The Morgan fingerprint density at radius 2 is 2.10 bits per heavy atom. The van der Waals surface area contributed by atoms with E-state index in [0.717, 1.165) is 0 Å². The Hall–Kier alpha value is -2.89. The van der Waals surface area contributed by atoms with Crippen LogP contribution in [0.2, 0.25) is 0 Å². The third kappa shape index (κ3) is 1.87. The molecule has 2 aromatic heterocycles. The Bertz CT molecular complexity index is 824. The van der Waals surface area contributed by atoms with Crippen LogP contribution in [0, 0.1) is 6.92 Å². The molecule has 100 valence electrons. The lowest BCUT2D eigenvalue weighted by molar-refractivity contribution is 0.0699. The van der Waals surface area contributed by atoms with Gasteiger partial charge in [-0.3, -0.25) is 5.10 Å². The lowest BCUT2D eigenvalue weighted by atomic mass is 10.1. The van der Waals surface area contributed by atoms with E-state index in [1.165, 1.54) is 12.1 Å². The predicted octanol–water partition coefficient (Wildman–Crippen LogP) is 2.34. The van der Waals surface area contributed by atoms with Gasteiger partial charge in [0.05, 0.1) is 16.6 Å². The number of aromatic carboxylic acids is 1. The summed E-state index contributed by atoms with van der Waals surface area (Å²) in [5, 5.41) is 26.1. The van der Waals surface area contributed by atoms with Crippen molar-refractivity contribution in [3.63, 3.8) is 0 Å². The number of aromatic amines is 1. The molecule has 0 spiro atoms. The summed E-state index contributed by atoms with van der Waals surface area (Å²) < 4.78 is 0. The average molecular weight is 269 g/mol. The maximum absolute atomic E-state index is 11.4. The summed E-state index contributed by atoms with van der Waals surface area (Å²) in [5.41, 5.74) is 2.24. The van der Waals surface area contributed by atoms with Crippen LogP contribution in [0.3, 0.4) is 0 Å². The number of benzene rings is 1. The van der Waals surface area contributed by atoms with Crippen LogP contribution in [0.15, 0.2) is 30.3 Å². The third-order valence-corrected chi connectivity index (χ3v) is 3.08. The first-order chi connectivity index (χ1) is 9.56. The number of H-pyrrole nitrogens is 1. The molecule has 0 atom stereocenters. The van der Waals surface area contributed by atoms with Gasteiger partial charge in [-0.1, -0.05) is 12.1 Å². The first-order valence-electron chi connectivity index (χ1n) is 5.94. The Morgan fingerprint density at radius 1 is 1.30 bits per heavy atom. The number of carboxylic acid groups (broad SMARTS) is 1. The van der Waals surface area contributed by atoms with Gasteiger partial charge in [-0.25, -0.2) is 9.78 Å². The predicted molar refractivity (Wildman–Crippen MR) is 72.7 cm³/mol. The normalized spacial score (nSPS) is 10.8. The minimum atomic E-state index is -1.04. The summed E-state index contributed by atoms with van der Waals surface area (Å²) in [7, 11) is 0. The monoisotopic (exact) mass is 269 g/mol. The summed E-state index contributed by atoms with van der Waals surface area (Å²) in [6.07, 6.45) is 0. The van der Waals surface area contributed by atoms with Crippen molar-refractivity contribution in [3.05, 3.63) is 41.6 Å². The molecular weight excluding hydrogens is 258 g/mol. The van der Waals surface area contributed by atoms with Crippen molar-refractivity contribution in [2.24, 2.45) is 0 Å². The lowest BCUT2D eigenvalue weighted by Gasteiger charge is -2.04. The summed E-state index contributed by atoms with van der Waals surface area (Å²) in [6, 6.07) is 7.98. The first-order valence-corrected chi connectivity index (χ1v) is 5.94. The van der Waals surface area contributed by atoms with Crippen LogP contribution in [0.4, 0.5) is 0 Å². The average Bonchev–Trinajstić information content (AvgIpc) is 2.79. The van der Waals surface area contributed by atoms with Crippen molar-refractivity contribution in [2.45, 2.75) is 6.92 Å². The van der Waals surface area contributed by atoms with Gasteiger partial charge >= 0.3 is 5.97 Å². The summed E-state index contributed by atoms with van der Waals surface area (Å²) in [5.74, 6) is -0.942. The first kappa shape index (κ1) is 12.2. The molecule has 3 aromatic rings. The lowest BCUT2D eigenvalue weighted by Crippen LogP contribution is -2.00. The Balaban J connectivity index is 2.30. The number of fused-ring (bicyclic) bond motifs is 1. The van der Waals surface area contributed by atoms with Crippen molar-refractivity contribution in [2.75, 3.05) is 0 Å². The molecule has 6 nitrogen and oxygen atoms in total. The highest BCUT2D eigenvalue weighted by Crippen LogP contribution is 2.27. The molecule has 0 fully saturated rings. The summed E-state index contributed by atoms with van der Waals surface area (Å²) >= 11 is 0. The molecule has 3 rings (SSSR count). The number of carbonyl (C=O) groups is 1. The minimum absolute atomic E-state index is 0.0967. The molecule has 0 aliphatic carbocycles. The van der Waals surface area contributed by atoms with E-state index >= 15 is 0 Å². The number of nitrogens with zero attached hydrogens (tertiary/aromatic N) is 2. The van der Waals surface area contributed by atoms with Crippen LogP contribution < -0.4 is 0 Å². The largest absolute Gasteiger partial charge is 0.508 e. The van der Waals surface area contributed by atoms with E-state index in [1.54, 1.807) is 25.1 Å². The Labute approximate surface area is 113 Å². The zero-order chi connectivity index (χ0) is 14.3. The number of hydrogen-bond acceptors (Lipinski definition) is 4. The third-order valence-electron chi connectivity index (χ3n) is 3.08. The fourth-order valence-electron chi connectivity index (χ4n) is 2.16. The Morgan fingerprint density at radius 3 is 2.80 bits per heavy atom. The smallest absolute Gasteiger partial charge is 0.336 e. The number of nitrogens with one attached hydrogen (secondary N) is 1. The number of carboxylic acids is 1. The van der Waals surface area contributed by atoms with E-state index in [9.17, 15) is 15.0 Å². The van der Waals surface area contributed by atoms with Crippen molar-refractivity contribution in [1.82, 2.24) is 15.2 Å².